The van der Waals surface area contributed by atoms with Crippen LogP contribution in [0.5, 0.6) is 0 Å². The summed E-state index contributed by atoms with van der Waals surface area (Å²) in [7, 11) is 0. The topological polar surface area (TPSA) is 71.3 Å². The minimum Gasteiger partial charge on any atom is -0.353 e. The van der Waals surface area contributed by atoms with Crippen molar-refractivity contribution in [2.45, 2.75) is 89.8 Å². The molecule has 2 aromatic rings. The Kier molecular flexibility index (Phi) is 8.47. The van der Waals surface area contributed by atoms with Crippen LogP contribution in [0, 0.1) is 11.8 Å². The highest BCUT2D eigenvalue weighted by Gasteiger charge is 2.38. The van der Waals surface area contributed by atoms with Crippen LogP contribution in [0.4, 0.5) is 0 Å². The molecule has 2 N–H and O–H groups in total. The van der Waals surface area contributed by atoms with Gasteiger partial charge in [-0.25, -0.2) is 4.79 Å². The minimum absolute atomic E-state index is 0.0248. The van der Waals surface area contributed by atoms with Crippen LogP contribution in [0.2, 0.25) is 0 Å². The van der Waals surface area contributed by atoms with Crippen molar-refractivity contribution < 1.29 is 4.79 Å². The Morgan fingerprint density at radius 3 is 2.39 bits per heavy atom. The number of piperidine rings is 2. The number of nitrogens with zero attached hydrogens (tertiary/aromatic N) is 3. The third-order valence-electron chi connectivity index (χ3n) is 8.94. The number of rotatable bonds is 6. The van der Waals surface area contributed by atoms with Crippen LogP contribution < -0.4 is 16.3 Å². The van der Waals surface area contributed by atoms with Gasteiger partial charge in [0, 0.05) is 32.2 Å². The normalized spacial score (nSPS) is 25.5. The number of carbonyl (C=O) groups is 1. The van der Waals surface area contributed by atoms with E-state index >= 15 is 0 Å². The molecule has 0 spiro atoms. The van der Waals surface area contributed by atoms with Crippen molar-refractivity contribution in [2.24, 2.45) is 11.8 Å². The highest BCUT2D eigenvalue weighted by Crippen LogP contribution is 2.33. The van der Waals surface area contributed by atoms with Gasteiger partial charge in [-0.05, 0) is 70.2 Å². The van der Waals surface area contributed by atoms with Gasteiger partial charge in [-0.1, -0.05) is 44.2 Å². The van der Waals surface area contributed by atoms with Gasteiger partial charge in [0.25, 0.3) is 0 Å². The molecule has 7 nitrogen and oxygen atoms in total. The number of hydrogen-bond donors (Lipinski definition) is 2. The molecular weight excluding hydrogens is 450 g/mol. The summed E-state index contributed by atoms with van der Waals surface area (Å²) in [5.41, 5.74) is 1.96. The SMILES string of the molecule is CCn1c(=O)n([C@H]2CCN(CC3CCCCCCC3)C[C@@H]2C(=O)NC2CCNCC2)c2ccccc21. The molecule has 7 heteroatoms. The number of nitrogens with one attached hydrogen (secondary N) is 2. The maximum absolute atomic E-state index is 13.8. The number of fused-ring (bicyclic) bond motifs is 1. The van der Waals surface area contributed by atoms with Crippen molar-refractivity contribution in [3.63, 3.8) is 0 Å². The molecule has 36 heavy (non-hydrogen) atoms. The van der Waals surface area contributed by atoms with Crippen molar-refractivity contribution in [2.75, 3.05) is 32.7 Å². The molecule has 0 radical (unpaired) electrons. The third kappa shape index (κ3) is 5.57. The Bertz CT molecular complexity index is 1060. The zero-order valence-electron chi connectivity index (χ0n) is 22.1. The van der Waals surface area contributed by atoms with Gasteiger partial charge in [-0.15, -0.1) is 0 Å². The Hall–Kier alpha value is -2.12. The van der Waals surface area contributed by atoms with Crippen molar-refractivity contribution in [3.8, 4) is 0 Å². The minimum atomic E-state index is -0.212. The van der Waals surface area contributed by atoms with Gasteiger partial charge in [0.2, 0.25) is 5.91 Å². The second-order valence-electron chi connectivity index (χ2n) is 11.4. The van der Waals surface area contributed by atoms with E-state index in [1.54, 1.807) is 0 Å². The fourth-order valence-corrected chi connectivity index (χ4v) is 6.96. The second-order valence-corrected chi connectivity index (χ2v) is 11.4. The number of amides is 1. The second kappa shape index (κ2) is 12.0. The molecule has 2 aliphatic heterocycles. The number of hydrogen-bond acceptors (Lipinski definition) is 4. The Morgan fingerprint density at radius 1 is 0.972 bits per heavy atom. The van der Waals surface area contributed by atoms with Crippen LogP contribution in [0.25, 0.3) is 11.0 Å². The van der Waals surface area contributed by atoms with E-state index in [1.807, 2.05) is 40.3 Å². The first-order chi connectivity index (χ1) is 17.7. The molecular formula is C29H45N5O2. The average molecular weight is 496 g/mol. The molecule has 198 valence electrons. The van der Waals surface area contributed by atoms with Gasteiger partial charge in [-0.2, -0.15) is 0 Å². The predicted octanol–water partition coefficient (Wildman–Crippen LogP) is 3.91. The van der Waals surface area contributed by atoms with Crippen LogP contribution in [-0.4, -0.2) is 58.7 Å². The lowest BCUT2D eigenvalue weighted by Crippen LogP contribution is -2.53. The zero-order chi connectivity index (χ0) is 24.9. The van der Waals surface area contributed by atoms with Crippen molar-refractivity contribution in [3.05, 3.63) is 34.7 Å². The summed E-state index contributed by atoms with van der Waals surface area (Å²) >= 11 is 0. The van der Waals surface area contributed by atoms with E-state index in [0.29, 0.717) is 6.54 Å². The summed E-state index contributed by atoms with van der Waals surface area (Å²) < 4.78 is 3.82. The highest BCUT2D eigenvalue weighted by atomic mass is 16.2. The molecule has 3 heterocycles. The molecule has 1 aliphatic carbocycles. The number of para-hydroxylation sites is 2. The lowest BCUT2D eigenvalue weighted by atomic mass is 9.87. The molecule has 1 amide bonds. The van der Waals surface area contributed by atoms with Gasteiger partial charge in [-0.3, -0.25) is 13.9 Å². The molecule has 1 aromatic carbocycles. The van der Waals surface area contributed by atoms with Gasteiger partial charge >= 0.3 is 5.69 Å². The number of benzene rings is 1. The zero-order valence-corrected chi connectivity index (χ0v) is 22.1. The summed E-state index contributed by atoms with van der Waals surface area (Å²) in [6.45, 7) is 7.37. The van der Waals surface area contributed by atoms with Crippen LogP contribution in [-0.2, 0) is 11.3 Å². The number of carbonyl (C=O) groups excluding carboxylic acids is 1. The lowest BCUT2D eigenvalue weighted by molar-refractivity contribution is -0.129. The first-order valence-electron chi connectivity index (χ1n) is 14.6. The largest absolute Gasteiger partial charge is 0.353 e. The molecule has 1 saturated carbocycles. The molecule has 5 rings (SSSR count). The highest BCUT2D eigenvalue weighted by molar-refractivity contribution is 5.81. The number of imidazole rings is 1. The quantitative estimate of drug-likeness (QED) is 0.637. The van der Waals surface area contributed by atoms with Crippen molar-refractivity contribution >= 4 is 16.9 Å². The van der Waals surface area contributed by atoms with E-state index < -0.39 is 0 Å². The maximum Gasteiger partial charge on any atom is 0.329 e. The number of likely N-dealkylation sites (tertiary alicyclic amines) is 1. The van der Waals surface area contributed by atoms with Crippen molar-refractivity contribution in [1.82, 2.24) is 24.7 Å². The number of aromatic nitrogens is 2. The average Bonchev–Trinajstić information content (AvgIpc) is 3.17. The van der Waals surface area contributed by atoms with Gasteiger partial charge in [0.1, 0.15) is 0 Å². The van der Waals surface area contributed by atoms with Crippen LogP contribution in [0.15, 0.2) is 29.1 Å². The monoisotopic (exact) mass is 495 g/mol. The smallest absolute Gasteiger partial charge is 0.329 e. The summed E-state index contributed by atoms with van der Waals surface area (Å²) in [4.78, 5) is 30.0. The standard InChI is InChI=1S/C29H45N5O2/c1-2-33-26-12-8-9-13-27(26)34(29(33)36)25-16-19-32(20-22-10-6-4-3-5-7-11-22)21-24(25)28(35)31-23-14-17-30-18-15-23/h8-9,12-13,22-25,30H,2-7,10-11,14-21H2,1H3,(H,31,35)/t24-,25-/m0/s1. The number of aryl methyl sites for hydroxylation is 1. The van der Waals surface area contributed by atoms with Crippen LogP contribution in [0.1, 0.15) is 77.2 Å². The van der Waals surface area contributed by atoms with E-state index in [2.05, 4.69) is 15.5 Å². The van der Waals surface area contributed by atoms with E-state index in [-0.39, 0.29) is 29.6 Å². The van der Waals surface area contributed by atoms with E-state index in [1.165, 1.54) is 44.9 Å². The molecule has 3 aliphatic rings. The summed E-state index contributed by atoms with van der Waals surface area (Å²) in [6, 6.07) is 8.21. The lowest BCUT2D eigenvalue weighted by Gasteiger charge is -2.40. The predicted molar refractivity (Wildman–Crippen MR) is 145 cm³/mol. The third-order valence-corrected chi connectivity index (χ3v) is 8.94. The van der Waals surface area contributed by atoms with Crippen molar-refractivity contribution in [1.29, 1.82) is 0 Å². The summed E-state index contributed by atoms with van der Waals surface area (Å²) in [6.07, 6.45) is 12.2. The van der Waals surface area contributed by atoms with Gasteiger partial charge in [0.05, 0.1) is 23.0 Å². The first-order valence-corrected chi connectivity index (χ1v) is 14.6. The Balaban J connectivity index is 1.40. The fourth-order valence-electron chi connectivity index (χ4n) is 6.96. The Morgan fingerprint density at radius 2 is 1.67 bits per heavy atom. The fraction of sp³-hybridized carbons (Fsp3) is 0.724. The molecule has 0 bridgehead atoms. The summed E-state index contributed by atoms with van der Waals surface area (Å²) in [5, 5.41) is 6.78. The molecule has 0 unspecified atom stereocenters. The first kappa shape index (κ1) is 25.5. The molecule has 2 atom stereocenters. The molecule has 3 fully saturated rings. The maximum atomic E-state index is 13.8. The molecule has 2 saturated heterocycles. The van der Waals surface area contributed by atoms with E-state index in [0.717, 1.165) is 68.9 Å². The summed E-state index contributed by atoms with van der Waals surface area (Å²) in [5.74, 6) is 0.658. The van der Waals surface area contributed by atoms with E-state index in [4.69, 9.17) is 0 Å². The van der Waals surface area contributed by atoms with E-state index in [9.17, 15) is 9.59 Å². The molecule has 1 aromatic heterocycles. The van der Waals surface area contributed by atoms with Crippen LogP contribution >= 0.6 is 0 Å². The van der Waals surface area contributed by atoms with Gasteiger partial charge in [0.15, 0.2) is 0 Å². The van der Waals surface area contributed by atoms with Crippen LogP contribution in [0.3, 0.4) is 0 Å². The van der Waals surface area contributed by atoms with Gasteiger partial charge < -0.3 is 15.5 Å². The Labute approximate surface area is 215 Å².